The summed E-state index contributed by atoms with van der Waals surface area (Å²) in [6.07, 6.45) is 0.787. The van der Waals surface area contributed by atoms with E-state index in [0.29, 0.717) is 18.7 Å². The molecule has 0 saturated carbocycles. The van der Waals surface area contributed by atoms with Crippen molar-refractivity contribution in [1.82, 2.24) is 0 Å². The molecule has 1 N–H and O–H groups in total. The second-order valence-electron chi connectivity index (χ2n) is 4.77. The summed E-state index contributed by atoms with van der Waals surface area (Å²) in [6.45, 7) is 5.96. The number of carbonyl (C=O) groups excluding carboxylic acids is 2. The first-order chi connectivity index (χ1) is 9.08. The van der Waals surface area contributed by atoms with E-state index in [1.54, 1.807) is 6.07 Å². The third-order valence-corrected chi connectivity index (χ3v) is 3.06. The number of rotatable bonds is 4. The number of hydrogen-bond donors (Lipinski definition) is 1. The third kappa shape index (κ3) is 3.22. The molecule has 1 heterocycles. The van der Waals surface area contributed by atoms with Crippen LogP contribution in [-0.2, 0) is 14.3 Å². The predicted octanol–water partition coefficient (Wildman–Crippen LogP) is 2.62. The van der Waals surface area contributed by atoms with E-state index in [4.69, 9.17) is 4.74 Å². The highest BCUT2D eigenvalue weighted by Gasteiger charge is 2.31. The van der Waals surface area contributed by atoms with Crippen molar-refractivity contribution in [3.8, 4) is 0 Å². The zero-order valence-electron chi connectivity index (χ0n) is 10.9. The molecule has 0 radical (unpaired) electrons. The van der Waals surface area contributed by atoms with Crippen LogP contribution in [0.3, 0.4) is 0 Å². The highest BCUT2D eigenvalue weighted by molar-refractivity contribution is 5.99. The zero-order chi connectivity index (χ0) is 13.8. The molecule has 4 nitrogen and oxygen atoms in total. The molecule has 100 valence electrons. The first-order valence-electron chi connectivity index (χ1n) is 6.27. The van der Waals surface area contributed by atoms with Crippen molar-refractivity contribution >= 4 is 17.6 Å². The van der Waals surface area contributed by atoms with Crippen LogP contribution in [0.15, 0.2) is 36.4 Å². The van der Waals surface area contributed by atoms with Gasteiger partial charge >= 0.3 is 5.97 Å². The Bertz CT molecular complexity index is 522. The van der Waals surface area contributed by atoms with Crippen LogP contribution in [0.5, 0.6) is 0 Å². The molecule has 1 atom stereocenters. The molecule has 1 aromatic rings. The number of amides is 1. The molecule has 19 heavy (non-hydrogen) atoms. The molecule has 1 amide bonds. The van der Waals surface area contributed by atoms with E-state index < -0.39 is 5.92 Å². The number of fused-ring (bicyclic) bond motifs is 1. The molecule has 1 aliphatic rings. The Balaban J connectivity index is 2.09. The van der Waals surface area contributed by atoms with E-state index in [2.05, 4.69) is 11.9 Å². The van der Waals surface area contributed by atoms with E-state index in [1.807, 2.05) is 25.1 Å². The van der Waals surface area contributed by atoms with Crippen LogP contribution >= 0.6 is 0 Å². The summed E-state index contributed by atoms with van der Waals surface area (Å²) in [6, 6.07) is 7.32. The molecule has 2 rings (SSSR count). The number of ether oxygens (including phenoxy) is 1. The van der Waals surface area contributed by atoms with Gasteiger partial charge in [-0.05, 0) is 18.6 Å². The summed E-state index contributed by atoms with van der Waals surface area (Å²) in [5.74, 6) is -1.00. The Hall–Kier alpha value is -2.10. The Kier molecular flexibility index (Phi) is 4.00. The lowest BCUT2D eigenvalue weighted by atomic mass is 9.91. The standard InChI is InChI=1S/C15H17NO3/c1-10(2)7-8-19-15(18)12-9-14(17)16-13-6-4-3-5-11(12)13/h3-6,12H,1,7-9H2,2H3,(H,16,17). The van der Waals surface area contributed by atoms with E-state index in [9.17, 15) is 9.59 Å². The van der Waals surface area contributed by atoms with Gasteiger partial charge in [0.15, 0.2) is 0 Å². The maximum absolute atomic E-state index is 12.1. The molecule has 4 heteroatoms. The monoisotopic (exact) mass is 259 g/mol. The number of nitrogens with one attached hydrogen (secondary N) is 1. The molecule has 1 aromatic carbocycles. The Morgan fingerprint density at radius 1 is 1.47 bits per heavy atom. The highest BCUT2D eigenvalue weighted by atomic mass is 16.5. The Morgan fingerprint density at radius 3 is 2.95 bits per heavy atom. The average Bonchev–Trinajstić information content (AvgIpc) is 2.37. The summed E-state index contributed by atoms with van der Waals surface area (Å²) in [5, 5.41) is 2.76. The van der Waals surface area contributed by atoms with Gasteiger partial charge in [-0.15, -0.1) is 6.58 Å². The molecule has 1 unspecified atom stereocenters. The van der Waals surface area contributed by atoms with Crippen molar-refractivity contribution in [2.24, 2.45) is 0 Å². The van der Waals surface area contributed by atoms with Gasteiger partial charge in [-0.3, -0.25) is 9.59 Å². The van der Waals surface area contributed by atoms with Gasteiger partial charge in [0.25, 0.3) is 0 Å². The van der Waals surface area contributed by atoms with Crippen LogP contribution in [0.4, 0.5) is 5.69 Å². The molecule has 0 fully saturated rings. The summed E-state index contributed by atoms with van der Waals surface area (Å²) in [5.41, 5.74) is 2.48. The van der Waals surface area contributed by atoms with E-state index in [1.165, 1.54) is 0 Å². The largest absolute Gasteiger partial charge is 0.465 e. The second-order valence-corrected chi connectivity index (χ2v) is 4.77. The maximum Gasteiger partial charge on any atom is 0.314 e. The van der Waals surface area contributed by atoms with Crippen molar-refractivity contribution in [3.63, 3.8) is 0 Å². The van der Waals surface area contributed by atoms with Crippen LogP contribution in [0.1, 0.15) is 31.2 Å². The van der Waals surface area contributed by atoms with Crippen LogP contribution < -0.4 is 5.32 Å². The predicted molar refractivity (Wildman–Crippen MR) is 72.8 cm³/mol. The van der Waals surface area contributed by atoms with Crippen molar-refractivity contribution in [2.75, 3.05) is 11.9 Å². The minimum absolute atomic E-state index is 0.142. The van der Waals surface area contributed by atoms with Gasteiger partial charge in [0.2, 0.25) is 5.91 Å². The SMILES string of the molecule is C=C(C)CCOC(=O)C1CC(=O)Nc2ccccc21. The first-order valence-corrected chi connectivity index (χ1v) is 6.27. The van der Waals surface area contributed by atoms with Crippen molar-refractivity contribution in [1.29, 1.82) is 0 Å². The van der Waals surface area contributed by atoms with Crippen molar-refractivity contribution < 1.29 is 14.3 Å². The molecule has 1 aliphatic heterocycles. The molecule has 0 aromatic heterocycles. The average molecular weight is 259 g/mol. The fourth-order valence-corrected chi connectivity index (χ4v) is 2.05. The van der Waals surface area contributed by atoms with Crippen molar-refractivity contribution in [3.05, 3.63) is 42.0 Å². The first kappa shape index (κ1) is 13.3. The minimum atomic E-state index is -0.505. The van der Waals surface area contributed by atoms with Crippen molar-refractivity contribution in [2.45, 2.75) is 25.7 Å². The van der Waals surface area contributed by atoms with Crippen LogP contribution in [-0.4, -0.2) is 18.5 Å². The van der Waals surface area contributed by atoms with Gasteiger partial charge in [-0.25, -0.2) is 0 Å². The van der Waals surface area contributed by atoms with E-state index in [-0.39, 0.29) is 18.3 Å². The number of hydrogen-bond acceptors (Lipinski definition) is 3. The van der Waals surface area contributed by atoms with Gasteiger partial charge in [0, 0.05) is 18.5 Å². The minimum Gasteiger partial charge on any atom is -0.465 e. The van der Waals surface area contributed by atoms with E-state index >= 15 is 0 Å². The van der Waals surface area contributed by atoms with E-state index in [0.717, 1.165) is 11.1 Å². The number of anilines is 1. The highest BCUT2D eigenvalue weighted by Crippen LogP contribution is 2.32. The lowest BCUT2D eigenvalue weighted by Crippen LogP contribution is -2.28. The quantitative estimate of drug-likeness (QED) is 0.668. The number of carbonyl (C=O) groups is 2. The normalized spacial score (nSPS) is 17.3. The molecular formula is C15H17NO3. The fraction of sp³-hybridized carbons (Fsp3) is 0.333. The van der Waals surface area contributed by atoms with Crippen LogP contribution in [0.2, 0.25) is 0 Å². The molecule has 0 spiro atoms. The summed E-state index contributed by atoms with van der Waals surface area (Å²) < 4.78 is 5.22. The van der Waals surface area contributed by atoms with Gasteiger partial charge in [-0.2, -0.15) is 0 Å². The Morgan fingerprint density at radius 2 is 2.21 bits per heavy atom. The third-order valence-electron chi connectivity index (χ3n) is 3.06. The zero-order valence-corrected chi connectivity index (χ0v) is 10.9. The smallest absolute Gasteiger partial charge is 0.314 e. The van der Waals surface area contributed by atoms with Gasteiger partial charge in [0.1, 0.15) is 0 Å². The molecule has 0 bridgehead atoms. The Labute approximate surface area is 112 Å². The number of esters is 1. The van der Waals surface area contributed by atoms with Crippen LogP contribution in [0.25, 0.3) is 0 Å². The molecular weight excluding hydrogens is 242 g/mol. The number of benzene rings is 1. The summed E-state index contributed by atoms with van der Waals surface area (Å²) in [4.78, 5) is 23.6. The lowest BCUT2D eigenvalue weighted by Gasteiger charge is -2.24. The van der Waals surface area contributed by atoms with Crippen LogP contribution in [0, 0.1) is 0 Å². The summed E-state index contributed by atoms with van der Waals surface area (Å²) in [7, 11) is 0. The van der Waals surface area contributed by atoms with Gasteiger partial charge < -0.3 is 10.1 Å². The molecule has 0 saturated heterocycles. The second kappa shape index (κ2) is 5.69. The maximum atomic E-state index is 12.1. The number of para-hydroxylation sites is 1. The fourth-order valence-electron chi connectivity index (χ4n) is 2.05. The topological polar surface area (TPSA) is 55.4 Å². The lowest BCUT2D eigenvalue weighted by molar-refractivity contribution is -0.146. The molecule has 0 aliphatic carbocycles. The van der Waals surface area contributed by atoms with Gasteiger partial charge in [-0.1, -0.05) is 23.8 Å². The summed E-state index contributed by atoms with van der Waals surface area (Å²) >= 11 is 0. The van der Waals surface area contributed by atoms with Gasteiger partial charge in [0.05, 0.1) is 12.5 Å².